The van der Waals surface area contributed by atoms with Crippen LogP contribution in [0.5, 0.6) is 0 Å². The zero-order valence-corrected chi connectivity index (χ0v) is 13.2. The molecule has 3 atom stereocenters. The maximum atomic E-state index is 11.6. The molecule has 2 nitrogen and oxygen atoms in total. The van der Waals surface area contributed by atoms with Crippen LogP contribution >= 0.6 is 0 Å². The first-order valence-electron chi connectivity index (χ1n) is 8.10. The fourth-order valence-corrected chi connectivity index (χ4v) is 3.82. The van der Waals surface area contributed by atoms with Gasteiger partial charge >= 0.3 is 0 Å². The molecule has 1 aliphatic heterocycles. The van der Waals surface area contributed by atoms with Crippen molar-refractivity contribution in [1.82, 2.24) is 0 Å². The monoisotopic (exact) mass is 294 g/mol. The van der Waals surface area contributed by atoms with Crippen molar-refractivity contribution in [3.8, 4) is 0 Å². The number of fused-ring (bicyclic) bond motifs is 1. The summed E-state index contributed by atoms with van der Waals surface area (Å²) in [4.78, 5) is 0. The summed E-state index contributed by atoms with van der Waals surface area (Å²) in [7, 11) is 0. The van der Waals surface area contributed by atoms with Gasteiger partial charge in [-0.25, -0.2) is 0 Å². The van der Waals surface area contributed by atoms with Crippen LogP contribution in [0.1, 0.15) is 37.1 Å². The Bertz CT molecular complexity index is 652. The molecule has 0 saturated heterocycles. The summed E-state index contributed by atoms with van der Waals surface area (Å²) >= 11 is 0. The molecule has 0 fully saturated rings. The number of pyridine rings is 1. The Kier molecular flexibility index (Phi) is 4.12. The number of aromatic nitrogens is 1. The third-order valence-corrected chi connectivity index (χ3v) is 4.82. The van der Waals surface area contributed by atoms with Crippen molar-refractivity contribution in [3.05, 3.63) is 78.6 Å². The Morgan fingerprint density at radius 1 is 1.27 bits per heavy atom. The molecule has 1 aromatic carbocycles. The van der Waals surface area contributed by atoms with Gasteiger partial charge in [0.05, 0.1) is 6.42 Å². The van der Waals surface area contributed by atoms with Crippen molar-refractivity contribution in [2.45, 2.75) is 37.8 Å². The molecule has 0 radical (unpaired) electrons. The normalized spacial score (nSPS) is 24.7. The Labute approximate surface area is 132 Å². The number of aliphatic hydroxyl groups is 1. The Balaban J connectivity index is 2.12. The third-order valence-electron chi connectivity index (χ3n) is 4.82. The minimum absolute atomic E-state index is 0.00329. The van der Waals surface area contributed by atoms with Gasteiger partial charge in [-0.1, -0.05) is 55.8 Å². The van der Waals surface area contributed by atoms with Crippen LogP contribution in [-0.4, -0.2) is 5.11 Å². The molecular formula is C20H24NO+. The smallest absolute Gasteiger partial charge is 0.197 e. The molecule has 3 rings (SSSR count). The van der Waals surface area contributed by atoms with E-state index in [9.17, 15) is 5.11 Å². The summed E-state index contributed by atoms with van der Waals surface area (Å²) < 4.78 is 2.25. The molecule has 2 heteroatoms. The van der Waals surface area contributed by atoms with Crippen LogP contribution in [-0.2, 0) is 12.0 Å². The van der Waals surface area contributed by atoms with Gasteiger partial charge in [-0.3, -0.25) is 0 Å². The predicted molar refractivity (Wildman–Crippen MR) is 88.3 cm³/mol. The Hall–Kier alpha value is -1.93. The summed E-state index contributed by atoms with van der Waals surface area (Å²) in [6.45, 7) is 6.22. The van der Waals surface area contributed by atoms with E-state index in [2.05, 4.69) is 30.3 Å². The summed E-state index contributed by atoms with van der Waals surface area (Å²) in [5, 5.41) is 11.6. The molecule has 114 valence electrons. The molecule has 1 N–H and O–H groups in total. The molecule has 1 aliphatic rings. The third kappa shape index (κ3) is 2.38. The van der Waals surface area contributed by atoms with E-state index in [0.717, 1.165) is 18.4 Å². The standard InChI is InChI=1S/C20H24NO/c1-3-10-16(4-2)19-20(22,17-11-6-5-7-12-17)15-18-13-8-9-14-21(18)19/h4-9,11-14,16,19,22H,2-3,10,15H2,1H3/q+1. The lowest BCUT2D eigenvalue weighted by molar-refractivity contribution is -0.733. The lowest BCUT2D eigenvalue weighted by atomic mass is 9.78. The second kappa shape index (κ2) is 6.05. The zero-order valence-electron chi connectivity index (χ0n) is 13.2. The maximum Gasteiger partial charge on any atom is 0.197 e. The van der Waals surface area contributed by atoms with E-state index in [-0.39, 0.29) is 12.0 Å². The molecule has 1 aromatic heterocycles. The fraction of sp³-hybridized carbons (Fsp3) is 0.350. The van der Waals surface area contributed by atoms with Gasteiger partial charge in [0.2, 0.25) is 0 Å². The Morgan fingerprint density at radius 2 is 2.00 bits per heavy atom. The Morgan fingerprint density at radius 3 is 2.68 bits per heavy atom. The van der Waals surface area contributed by atoms with Crippen LogP contribution in [0.25, 0.3) is 0 Å². The van der Waals surface area contributed by atoms with Crippen LogP contribution in [0.3, 0.4) is 0 Å². The number of nitrogens with zero attached hydrogens (tertiary/aromatic N) is 1. The highest BCUT2D eigenvalue weighted by Crippen LogP contribution is 2.43. The van der Waals surface area contributed by atoms with Crippen LogP contribution in [0.4, 0.5) is 0 Å². The van der Waals surface area contributed by atoms with Gasteiger partial charge in [-0.05, 0) is 12.0 Å². The SMILES string of the molecule is C=CC(CCC)C1[n+]2ccccc2CC1(O)c1ccccc1. The highest BCUT2D eigenvalue weighted by molar-refractivity contribution is 5.27. The first-order chi connectivity index (χ1) is 10.7. The molecule has 0 saturated carbocycles. The summed E-state index contributed by atoms with van der Waals surface area (Å²) in [6, 6.07) is 16.3. The van der Waals surface area contributed by atoms with Gasteiger partial charge in [0.15, 0.2) is 23.5 Å². The lowest BCUT2D eigenvalue weighted by Crippen LogP contribution is -2.49. The molecule has 0 amide bonds. The van der Waals surface area contributed by atoms with Crippen molar-refractivity contribution in [3.63, 3.8) is 0 Å². The van der Waals surface area contributed by atoms with Gasteiger partial charge in [0, 0.05) is 18.1 Å². The summed E-state index contributed by atoms with van der Waals surface area (Å²) in [6.07, 6.45) is 6.87. The van der Waals surface area contributed by atoms with E-state index in [0.29, 0.717) is 6.42 Å². The van der Waals surface area contributed by atoms with Gasteiger partial charge in [-0.2, -0.15) is 4.57 Å². The molecule has 2 aromatic rings. The van der Waals surface area contributed by atoms with E-state index in [1.54, 1.807) is 0 Å². The predicted octanol–water partition coefficient (Wildman–Crippen LogP) is 3.56. The molecule has 0 bridgehead atoms. The van der Waals surface area contributed by atoms with Gasteiger partial charge in [0.25, 0.3) is 0 Å². The number of hydrogen-bond acceptors (Lipinski definition) is 1. The second-order valence-electron chi connectivity index (χ2n) is 6.20. The van der Waals surface area contributed by atoms with Crippen LogP contribution in [0.2, 0.25) is 0 Å². The molecule has 0 aliphatic carbocycles. The first kappa shape index (κ1) is 15.0. The lowest BCUT2D eigenvalue weighted by Gasteiger charge is -2.30. The first-order valence-corrected chi connectivity index (χ1v) is 8.10. The maximum absolute atomic E-state index is 11.6. The number of rotatable bonds is 5. The zero-order chi connectivity index (χ0) is 15.6. The van der Waals surface area contributed by atoms with Crippen LogP contribution in [0.15, 0.2) is 67.4 Å². The largest absolute Gasteiger partial charge is 0.378 e. The van der Waals surface area contributed by atoms with Gasteiger partial charge < -0.3 is 5.11 Å². The molecule has 3 unspecified atom stereocenters. The topological polar surface area (TPSA) is 24.1 Å². The summed E-state index contributed by atoms with van der Waals surface area (Å²) in [5.41, 5.74) is 1.30. The van der Waals surface area contributed by atoms with Crippen molar-refractivity contribution >= 4 is 0 Å². The van der Waals surface area contributed by atoms with Crippen LogP contribution in [0, 0.1) is 5.92 Å². The minimum Gasteiger partial charge on any atom is -0.378 e. The van der Waals surface area contributed by atoms with E-state index in [1.165, 1.54) is 5.69 Å². The van der Waals surface area contributed by atoms with E-state index >= 15 is 0 Å². The quantitative estimate of drug-likeness (QED) is 0.661. The van der Waals surface area contributed by atoms with Crippen molar-refractivity contribution < 1.29 is 9.67 Å². The van der Waals surface area contributed by atoms with Crippen LogP contribution < -0.4 is 4.57 Å². The van der Waals surface area contributed by atoms with Gasteiger partial charge in [0.1, 0.15) is 0 Å². The minimum atomic E-state index is -0.871. The van der Waals surface area contributed by atoms with Gasteiger partial charge in [-0.15, -0.1) is 6.58 Å². The number of hydrogen-bond donors (Lipinski definition) is 1. The highest BCUT2D eigenvalue weighted by Gasteiger charge is 2.55. The van der Waals surface area contributed by atoms with Crippen molar-refractivity contribution in [2.75, 3.05) is 0 Å². The molecule has 22 heavy (non-hydrogen) atoms. The average molecular weight is 294 g/mol. The molecule has 0 spiro atoms. The summed E-state index contributed by atoms with van der Waals surface area (Å²) in [5.74, 6) is 0.254. The number of allylic oxidation sites excluding steroid dienone is 1. The second-order valence-corrected chi connectivity index (χ2v) is 6.20. The van der Waals surface area contributed by atoms with Crippen molar-refractivity contribution in [2.24, 2.45) is 5.92 Å². The van der Waals surface area contributed by atoms with E-state index in [4.69, 9.17) is 0 Å². The van der Waals surface area contributed by atoms with E-state index in [1.807, 2.05) is 48.5 Å². The highest BCUT2D eigenvalue weighted by atomic mass is 16.3. The van der Waals surface area contributed by atoms with Crippen molar-refractivity contribution in [1.29, 1.82) is 0 Å². The molecule has 2 heterocycles. The molecular weight excluding hydrogens is 270 g/mol. The average Bonchev–Trinajstić information content (AvgIpc) is 2.87. The fourth-order valence-electron chi connectivity index (χ4n) is 3.82. The van der Waals surface area contributed by atoms with E-state index < -0.39 is 5.60 Å². The number of benzene rings is 1.